The highest BCUT2D eigenvalue weighted by Crippen LogP contribution is 2.32. The molecule has 0 bridgehead atoms. The van der Waals surface area contributed by atoms with Gasteiger partial charge < -0.3 is 0 Å². The molecule has 1 aliphatic carbocycles. The van der Waals surface area contributed by atoms with Gasteiger partial charge in [-0.1, -0.05) is 15.9 Å². The molecule has 1 heterocycles. The van der Waals surface area contributed by atoms with Crippen molar-refractivity contribution in [3.05, 3.63) is 17.5 Å². The Morgan fingerprint density at radius 3 is 2.93 bits per heavy atom. The van der Waals surface area contributed by atoms with Gasteiger partial charge in [0.15, 0.2) is 0 Å². The maximum atomic E-state index is 4.50. The summed E-state index contributed by atoms with van der Waals surface area (Å²) in [5.41, 5.74) is 2.57. The van der Waals surface area contributed by atoms with Crippen molar-refractivity contribution < 1.29 is 0 Å². The van der Waals surface area contributed by atoms with Crippen LogP contribution in [0.15, 0.2) is 6.07 Å². The van der Waals surface area contributed by atoms with E-state index in [1.807, 2.05) is 0 Å². The Bertz CT molecular complexity index is 332. The lowest BCUT2D eigenvalue weighted by Crippen LogP contribution is -2.07. The molecule has 2 rings (SSSR count). The molecule has 15 heavy (non-hydrogen) atoms. The standard InChI is InChI=1S/C12H19BrN2/c1-3-15-12(6-9(2)14-15)8-10-4-5-11(13)7-10/h6,10-11H,3-5,7-8H2,1-2H3. The smallest absolute Gasteiger partial charge is 0.0596 e. The zero-order chi connectivity index (χ0) is 10.8. The van der Waals surface area contributed by atoms with Crippen LogP contribution in [-0.4, -0.2) is 14.6 Å². The van der Waals surface area contributed by atoms with Crippen LogP contribution in [0.5, 0.6) is 0 Å². The van der Waals surface area contributed by atoms with Crippen LogP contribution in [0.2, 0.25) is 0 Å². The molecule has 0 radical (unpaired) electrons. The van der Waals surface area contributed by atoms with E-state index in [1.165, 1.54) is 31.4 Å². The van der Waals surface area contributed by atoms with Crippen LogP contribution in [-0.2, 0) is 13.0 Å². The van der Waals surface area contributed by atoms with Crippen LogP contribution >= 0.6 is 15.9 Å². The number of nitrogens with zero attached hydrogens (tertiary/aromatic N) is 2. The van der Waals surface area contributed by atoms with Crippen LogP contribution < -0.4 is 0 Å². The van der Waals surface area contributed by atoms with E-state index < -0.39 is 0 Å². The van der Waals surface area contributed by atoms with Gasteiger partial charge in [-0.05, 0) is 51.5 Å². The van der Waals surface area contributed by atoms with Gasteiger partial charge in [0.2, 0.25) is 0 Å². The molecule has 0 amide bonds. The molecule has 0 spiro atoms. The molecule has 0 aliphatic heterocycles. The Kier molecular flexibility index (Phi) is 3.49. The first kappa shape index (κ1) is 11.2. The average Bonchev–Trinajstić information content (AvgIpc) is 2.73. The molecule has 0 aromatic carbocycles. The Labute approximate surface area is 100 Å². The summed E-state index contributed by atoms with van der Waals surface area (Å²) in [5.74, 6) is 0.857. The van der Waals surface area contributed by atoms with Gasteiger partial charge in [0, 0.05) is 17.1 Å². The second-order valence-electron chi connectivity index (χ2n) is 4.57. The van der Waals surface area contributed by atoms with Crippen molar-refractivity contribution in [3.8, 4) is 0 Å². The average molecular weight is 271 g/mol. The predicted octanol–water partition coefficient (Wildman–Crippen LogP) is 3.32. The van der Waals surface area contributed by atoms with Gasteiger partial charge in [-0.15, -0.1) is 0 Å². The zero-order valence-electron chi connectivity index (χ0n) is 9.54. The second-order valence-corrected chi connectivity index (χ2v) is 5.87. The fraction of sp³-hybridized carbons (Fsp3) is 0.750. The van der Waals surface area contributed by atoms with Gasteiger partial charge in [0.05, 0.1) is 5.69 Å². The van der Waals surface area contributed by atoms with Crippen LogP contribution in [0.4, 0.5) is 0 Å². The van der Waals surface area contributed by atoms with Crippen LogP contribution in [0, 0.1) is 12.8 Å². The number of hydrogen-bond acceptors (Lipinski definition) is 1. The van der Waals surface area contributed by atoms with E-state index in [4.69, 9.17) is 0 Å². The molecule has 2 nitrogen and oxygen atoms in total. The normalized spacial score (nSPS) is 26.1. The van der Waals surface area contributed by atoms with Crippen LogP contribution in [0.25, 0.3) is 0 Å². The maximum absolute atomic E-state index is 4.50. The lowest BCUT2D eigenvalue weighted by Gasteiger charge is -2.10. The predicted molar refractivity (Wildman–Crippen MR) is 66.4 cm³/mol. The van der Waals surface area contributed by atoms with Crippen molar-refractivity contribution in [1.29, 1.82) is 0 Å². The highest BCUT2D eigenvalue weighted by molar-refractivity contribution is 9.09. The quantitative estimate of drug-likeness (QED) is 0.771. The highest BCUT2D eigenvalue weighted by Gasteiger charge is 2.23. The Hall–Kier alpha value is -0.310. The number of alkyl halides is 1. The summed E-state index contributed by atoms with van der Waals surface area (Å²) in [6.45, 7) is 5.24. The lowest BCUT2D eigenvalue weighted by atomic mass is 10.0. The molecular weight excluding hydrogens is 252 g/mol. The fourth-order valence-electron chi connectivity index (χ4n) is 2.53. The van der Waals surface area contributed by atoms with Gasteiger partial charge in [-0.2, -0.15) is 5.10 Å². The van der Waals surface area contributed by atoms with E-state index in [1.54, 1.807) is 0 Å². The van der Waals surface area contributed by atoms with E-state index in [9.17, 15) is 0 Å². The molecule has 2 atom stereocenters. The van der Waals surface area contributed by atoms with Crippen molar-refractivity contribution in [2.45, 2.75) is 50.9 Å². The molecule has 1 aliphatic rings. The van der Waals surface area contributed by atoms with Crippen molar-refractivity contribution >= 4 is 15.9 Å². The first-order valence-corrected chi connectivity index (χ1v) is 6.78. The fourth-order valence-corrected chi connectivity index (χ4v) is 3.33. The van der Waals surface area contributed by atoms with E-state index in [2.05, 4.69) is 45.6 Å². The molecule has 0 saturated heterocycles. The molecule has 1 fully saturated rings. The number of aryl methyl sites for hydroxylation is 2. The number of aromatic nitrogens is 2. The summed E-state index contributed by atoms with van der Waals surface area (Å²) in [5, 5.41) is 4.50. The number of hydrogen-bond donors (Lipinski definition) is 0. The van der Waals surface area contributed by atoms with E-state index >= 15 is 0 Å². The summed E-state index contributed by atoms with van der Waals surface area (Å²) in [6, 6.07) is 2.24. The minimum atomic E-state index is 0.751. The molecule has 1 aromatic rings. The second kappa shape index (κ2) is 4.69. The number of halogens is 1. The lowest BCUT2D eigenvalue weighted by molar-refractivity contribution is 0.508. The third-order valence-electron chi connectivity index (χ3n) is 3.26. The van der Waals surface area contributed by atoms with Gasteiger partial charge in [0.25, 0.3) is 0 Å². The van der Waals surface area contributed by atoms with Gasteiger partial charge in [-0.3, -0.25) is 4.68 Å². The zero-order valence-corrected chi connectivity index (χ0v) is 11.1. The Balaban J connectivity index is 2.03. The SMILES string of the molecule is CCn1nc(C)cc1CC1CCC(Br)C1. The van der Waals surface area contributed by atoms with E-state index in [-0.39, 0.29) is 0 Å². The van der Waals surface area contributed by atoms with Crippen LogP contribution in [0.3, 0.4) is 0 Å². The summed E-state index contributed by atoms with van der Waals surface area (Å²) < 4.78 is 2.15. The van der Waals surface area contributed by atoms with Crippen molar-refractivity contribution in [2.75, 3.05) is 0 Å². The summed E-state index contributed by atoms with van der Waals surface area (Å²) in [7, 11) is 0. The van der Waals surface area contributed by atoms with Crippen LogP contribution in [0.1, 0.15) is 37.6 Å². The van der Waals surface area contributed by atoms with Crippen molar-refractivity contribution in [2.24, 2.45) is 5.92 Å². The minimum absolute atomic E-state index is 0.751. The largest absolute Gasteiger partial charge is 0.270 e. The molecule has 84 valence electrons. The maximum Gasteiger partial charge on any atom is 0.0596 e. The van der Waals surface area contributed by atoms with Gasteiger partial charge in [-0.25, -0.2) is 0 Å². The van der Waals surface area contributed by atoms with E-state index in [0.29, 0.717) is 0 Å². The summed E-state index contributed by atoms with van der Waals surface area (Å²) in [6.07, 6.45) is 5.23. The molecule has 3 heteroatoms. The Morgan fingerprint density at radius 2 is 2.33 bits per heavy atom. The minimum Gasteiger partial charge on any atom is -0.270 e. The van der Waals surface area contributed by atoms with Gasteiger partial charge in [0.1, 0.15) is 0 Å². The first-order valence-electron chi connectivity index (χ1n) is 5.86. The summed E-state index contributed by atoms with van der Waals surface area (Å²) in [4.78, 5) is 0.751. The highest BCUT2D eigenvalue weighted by atomic mass is 79.9. The molecular formula is C12H19BrN2. The number of rotatable bonds is 3. The monoisotopic (exact) mass is 270 g/mol. The third kappa shape index (κ3) is 2.63. The molecule has 2 unspecified atom stereocenters. The third-order valence-corrected chi connectivity index (χ3v) is 4.09. The summed E-state index contributed by atoms with van der Waals surface area (Å²) >= 11 is 3.71. The molecule has 0 N–H and O–H groups in total. The molecule has 1 aromatic heterocycles. The van der Waals surface area contributed by atoms with Crippen molar-refractivity contribution in [3.63, 3.8) is 0 Å². The van der Waals surface area contributed by atoms with E-state index in [0.717, 1.165) is 23.0 Å². The van der Waals surface area contributed by atoms with Crippen molar-refractivity contribution in [1.82, 2.24) is 9.78 Å². The first-order chi connectivity index (χ1) is 7.19. The Morgan fingerprint density at radius 1 is 1.53 bits per heavy atom. The van der Waals surface area contributed by atoms with Gasteiger partial charge >= 0.3 is 0 Å². The topological polar surface area (TPSA) is 17.8 Å². The molecule has 1 saturated carbocycles.